The van der Waals surface area contributed by atoms with Crippen molar-refractivity contribution in [1.29, 1.82) is 0 Å². The fourth-order valence-corrected chi connectivity index (χ4v) is 14.2. The summed E-state index contributed by atoms with van der Waals surface area (Å²) in [6, 6.07) is 0. The van der Waals surface area contributed by atoms with Gasteiger partial charge in [0.25, 0.3) is 0 Å². The van der Waals surface area contributed by atoms with Gasteiger partial charge < -0.3 is 94.8 Å². The van der Waals surface area contributed by atoms with Gasteiger partial charge >= 0.3 is 0 Å². The highest BCUT2D eigenvalue weighted by Gasteiger charge is 2.70. The van der Waals surface area contributed by atoms with Crippen LogP contribution in [0.25, 0.3) is 0 Å². The minimum absolute atomic E-state index is 0.0500. The van der Waals surface area contributed by atoms with Gasteiger partial charge in [-0.05, 0) is 99.7 Å². The first-order chi connectivity index (χ1) is 31.2. The van der Waals surface area contributed by atoms with Gasteiger partial charge in [0, 0.05) is 10.8 Å². The van der Waals surface area contributed by atoms with E-state index in [1.807, 2.05) is 0 Å². The van der Waals surface area contributed by atoms with E-state index in [9.17, 15) is 66.4 Å². The molecule has 388 valence electrons. The Bertz CT molecular complexity index is 1710. The second-order valence-corrected chi connectivity index (χ2v) is 23.0. The molecule has 25 atom stereocenters. The van der Waals surface area contributed by atoms with Crippen LogP contribution in [0, 0.1) is 45.3 Å². The molecular formula is C48H82O19. The van der Waals surface area contributed by atoms with Crippen molar-refractivity contribution in [3.05, 3.63) is 11.6 Å². The summed E-state index contributed by atoms with van der Waals surface area (Å²) in [7, 11) is 0. The highest BCUT2D eigenvalue weighted by atomic mass is 16.8. The van der Waals surface area contributed by atoms with Gasteiger partial charge in [-0.2, -0.15) is 0 Å². The third kappa shape index (κ3) is 9.13. The largest absolute Gasteiger partial charge is 0.394 e. The normalized spacial score (nSPS) is 51.0. The first kappa shape index (κ1) is 53.8. The van der Waals surface area contributed by atoms with Crippen molar-refractivity contribution in [3.8, 4) is 0 Å². The molecule has 19 nitrogen and oxygen atoms in total. The molecule has 0 radical (unpaired) electrons. The predicted molar refractivity (Wildman–Crippen MR) is 235 cm³/mol. The van der Waals surface area contributed by atoms with Crippen molar-refractivity contribution in [3.63, 3.8) is 0 Å². The van der Waals surface area contributed by atoms with Gasteiger partial charge in [-0.15, -0.1) is 0 Å². The number of allylic oxidation sites excluding steroid dienone is 1. The monoisotopic (exact) mass is 963 g/mol. The van der Waals surface area contributed by atoms with E-state index in [0.29, 0.717) is 25.7 Å². The molecule has 3 aliphatic heterocycles. The van der Waals surface area contributed by atoms with Crippen LogP contribution in [0.5, 0.6) is 0 Å². The SMILES string of the molecule is C[C@H](CC[C@@H](O[C@@H]1O[C@H](CO)[C@@H](O)[C@H](O)[C@H]1O[C@@H]1O[C@H](CO)[C@@H](O)[C@H](O)[C@H]1O)C(C)(C)O)C1CC[C@@]2(C)C3CC=C4C(CC[C@H](O[C@@H]5O[C@H](CO)[C@@H](O)[C@H](O)[C@H]5O)C4(C)C)[C@]3(C)[C@H](O)C[C@]12C. The van der Waals surface area contributed by atoms with Crippen molar-refractivity contribution in [2.75, 3.05) is 19.8 Å². The van der Waals surface area contributed by atoms with Crippen molar-refractivity contribution in [2.45, 2.75) is 223 Å². The second kappa shape index (κ2) is 19.8. The molecule has 3 saturated carbocycles. The molecule has 67 heavy (non-hydrogen) atoms. The zero-order valence-electron chi connectivity index (χ0n) is 40.3. The number of rotatable bonds is 14. The Hall–Kier alpha value is -1.02. The molecule has 7 rings (SSSR count). The van der Waals surface area contributed by atoms with E-state index >= 15 is 0 Å². The van der Waals surface area contributed by atoms with E-state index in [4.69, 9.17) is 28.4 Å². The smallest absolute Gasteiger partial charge is 0.187 e. The number of ether oxygens (including phenoxy) is 6. The minimum atomic E-state index is -1.83. The Labute approximate surface area is 393 Å². The van der Waals surface area contributed by atoms with Crippen LogP contribution < -0.4 is 0 Å². The summed E-state index contributed by atoms with van der Waals surface area (Å²) in [5, 5.41) is 139. The van der Waals surface area contributed by atoms with Gasteiger partial charge in [-0.25, -0.2) is 0 Å². The molecule has 7 aliphatic rings. The molecule has 0 aromatic carbocycles. The van der Waals surface area contributed by atoms with Crippen LogP contribution in [0.15, 0.2) is 11.6 Å². The third-order valence-electron chi connectivity index (χ3n) is 18.7. The summed E-state index contributed by atoms with van der Waals surface area (Å²) < 4.78 is 35.9. The topological polar surface area (TPSA) is 318 Å². The van der Waals surface area contributed by atoms with Gasteiger partial charge in [0.1, 0.15) is 73.2 Å². The molecular weight excluding hydrogens is 881 g/mol. The van der Waals surface area contributed by atoms with Crippen LogP contribution in [0.4, 0.5) is 0 Å². The van der Waals surface area contributed by atoms with Crippen LogP contribution in [-0.4, -0.2) is 202 Å². The van der Waals surface area contributed by atoms with E-state index in [0.717, 1.165) is 25.7 Å². The number of hydrogen-bond acceptors (Lipinski definition) is 19. The summed E-state index contributed by atoms with van der Waals surface area (Å²) in [6.45, 7) is 14.5. The summed E-state index contributed by atoms with van der Waals surface area (Å²) in [6.07, 6.45) is -17.3. The third-order valence-corrected chi connectivity index (χ3v) is 18.7. The zero-order valence-corrected chi connectivity index (χ0v) is 40.3. The maximum Gasteiger partial charge on any atom is 0.187 e. The standard InChI is InChI=1S/C48H82O19/c1-21(9-13-31(45(4,5)61)66-43-40(37(58)34(55)27(20-51)64-43)67-42-39(60)36(57)33(54)26(19-50)63-42)22-15-16-46(6)28-12-10-23-24(48(28,8)29(52)17-47(22,46)7)11-14-30(44(23,2)3)65-41-38(59)35(56)32(53)25(18-49)62-41/h10,21-22,24-43,49-61H,9,11-20H2,1-8H3/t21-,22?,24?,25-,26-,27-,28?,29-,30+,31-,32-,33-,34-,35+,36+,37+,38-,39-,40-,41+,42+,43+,46+,47-,48+/m1/s1. The quantitative estimate of drug-likeness (QED) is 0.0924. The molecule has 6 fully saturated rings. The number of fused-ring (bicyclic) bond motifs is 5. The summed E-state index contributed by atoms with van der Waals surface area (Å²) >= 11 is 0. The highest BCUT2D eigenvalue weighted by molar-refractivity contribution is 5.32. The van der Waals surface area contributed by atoms with E-state index in [-0.39, 0.29) is 34.5 Å². The van der Waals surface area contributed by atoms with Gasteiger partial charge in [0.15, 0.2) is 18.9 Å². The maximum absolute atomic E-state index is 12.6. The lowest BCUT2D eigenvalue weighted by Crippen LogP contribution is -2.65. The molecule has 0 aromatic rings. The van der Waals surface area contributed by atoms with E-state index in [2.05, 4.69) is 47.6 Å². The average Bonchev–Trinajstić information content (AvgIpc) is 3.54. The van der Waals surface area contributed by atoms with Gasteiger partial charge in [-0.1, -0.05) is 53.2 Å². The lowest BCUT2D eigenvalue weighted by atomic mass is 9.38. The van der Waals surface area contributed by atoms with Crippen molar-refractivity contribution in [2.24, 2.45) is 45.3 Å². The van der Waals surface area contributed by atoms with Crippen LogP contribution in [-0.2, 0) is 28.4 Å². The van der Waals surface area contributed by atoms with Crippen LogP contribution in [0.3, 0.4) is 0 Å². The highest BCUT2D eigenvalue weighted by Crippen LogP contribution is 2.75. The van der Waals surface area contributed by atoms with E-state index in [1.165, 1.54) is 5.57 Å². The summed E-state index contributed by atoms with van der Waals surface area (Å²) in [4.78, 5) is 0. The molecule has 3 heterocycles. The number of aliphatic hydroxyl groups is 13. The van der Waals surface area contributed by atoms with Gasteiger partial charge in [-0.3, -0.25) is 0 Å². The summed E-state index contributed by atoms with van der Waals surface area (Å²) in [5.74, 6) is 0.476. The van der Waals surface area contributed by atoms with Crippen molar-refractivity contribution in [1.82, 2.24) is 0 Å². The van der Waals surface area contributed by atoms with Crippen LogP contribution in [0.2, 0.25) is 0 Å². The fraction of sp³-hybridized carbons (Fsp3) is 0.958. The zero-order chi connectivity index (χ0) is 49.5. The van der Waals surface area contributed by atoms with Crippen molar-refractivity contribution < 1.29 is 94.8 Å². The van der Waals surface area contributed by atoms with Crippen LogP contribution >= 0.6 is 0 Å². The summed E-state index contributed by atoms with van der Waals surface area (Å²) in [5.41, 5.74) is -1.70. The lowest BCUT2D eigenvalue weighted by Gasteiger charge is -2.67. The second-order valence-electron chi connectivity index (χ2n) is 23.0. The Morgan fingerprint density at radius 1 is 0.657 bits per heavy atom. The first-order valence-electron chi connectivity index (χ1n) is 24.5. The lowest BCUT2D eigenvalue weighted by molar-refractivity contribution is -0.375. The predicted octanol–water partition coefficient (Wildman–Crippen LogP) is -1.06. The minimum Gasteiger partial charge on any atom is -0.394 e. The van der Waals surface area contributed by atoms with Crippen LogP contribution in [0.1, 0.15) is 107 Å². The number of aliphatic hydroxyl groups excluding tert-OH is 12. The van der Waals surface area contributed by atoms with E-state index in [1.54, 1.807) is 13.8 Å². The molecule has 13 N–H and O–H groups in total. The Kier molecular flexibility index (Phi) is 15.9. The molecule has 0 spiro atoms. The number of hydrogen-bond donors (Lipinski definition) is 13. The molecule has 0 aromatic heterocycles. The Balaban J connectivity index is 1.06. The molecule has 4 aliphatic carbocycles. The van der Waals surface area contributed by atoms with Gasteiger partial charge in [0.2, 0.25) is 0 Å². The first-order valence-corrected chi connectivity index (χ1v) is 24.5. The maximum atomic E-state index is 12.6. The Morgan fingerprint density at radius 3 is 1.72 bits per heavy atom. The molecule has 0 bridgehead atoms. The van der Waals surface area contributed by atoms with Crippen molar-refractivity contribution >= 4 is 0 Å². The van der Waals surface area contributed by atoms with E-state index < -0.39 is 147 Å². The molecule has 3 unspecified atom stereocenters. The molecule has 3 saturated heterocycles. The average molecular weight is 963 g/mol. The fourth-order valence-electron chi connectivity index (χ4n) is 14.2. The Morgan fingerprint density at radius 2 is 1.18 bits per heavy atom. The molecule has 19 heteroatoms. The van der Waals surface area contributed by atoms with Gasteiger partial charge in [0.05, 0.1) is 43.7 Å². The molecule has 0 amide bonds.